The van der Waals surface area contributed by atoms with Crippen molar-refractivity contribution in [3.63, 3.8) is 0 Å². The summed E-state index contributed by atoms with van der Waals surface area (Å²) in [6.07, 6.45) is 139. The third-order valence-corrected chi connectivity index (χ3v) is 25.6. The Morgan fingerprint density at radius 2 is 0.398 bits per heavy atom. The molecule has 0 aliphatic heterocycles. The van der Waals surface area contributed by atoms with Crippen LogP contribution in [0.3, 0.4) is 0 Å². The second-order valence-corrected chi connectivity index (χ2v) is 39.6. The topological polar surface area (TPSA) is 231 Å². The van der Waals surface area contributed by atoms with Crippen LogP contribution in [0.5, 0.6) is 0 Å². The highest BCUT2D eigenvalue weighted by atomic mass is 31.2. The third kappa shape index (κ3) is 107. The number of allylic oxidation sites excluding steroid dienone is 26. The van der Waals surface area contributed by atoms with E-state index in [4.69, 9.17) is 32.3 Å². The number of esters is 3. The van der Waals surface area contributed by atoms with E-state index in [1.807, 2.05) is 0 Å². The van der Waals surface area contributed by atoms with Gasteiger partial charge in [-0.25, -0.2) is 9.13 Å². The van der Waals surface area contributed by atoms with Gasteiger partial charge in [-0.15, -0.1) is 0 Å². The van der Waals surface area contributed by atoms with Crippen LogP contribution in [-0.4, -0.2) is 95.9 Å². The smallest absolute Gasteiger partial charge is 0.463 e. The fraction of sp³-hybridized carbons (Fsp3) is 0.748. The first-order valence-corrected chi connectivity index (χ1v) is 57.8. The molecule has 5 atom stereocenters. The number of hydrogen-bond donors (Lipinski definition) is 4. The lowest BCUT2D eigenvalue weighted by molar-refractivity contribution is -0.161. The number of hydrogen-bond acceptors (Lipinski definition) is 14. The van der Waals surface area contributed by atoms with Crippen LogP contribution in [0.1, 0.15) is 496 Å². The number of carbonyl (C=O) groups excluding carboxylic acids is 3. The fourth-order valence-corrected chi connectivity index (χ4v) is 17.0. The summed E-state index contributed by atoms with van der Waals surface area (Å²) in [5.74, 6) is -1.55. The predicted molar refractivity (Wildman–Crippen MR) is 565 cm³/mol. The Balaban J connectivity index is 4.58. The second-order valence-electron chi connectivity index (χ2n) is 36.7. The van der Waals surface area contributed by atoms with Gasteiger partial charge in [0.1, 0.15) is 25.4 Å². The number of ether oxygens (including phenoxy) is 3. The molecule has 18 heteroatoms. The molecule has 16 nitrogen and oxygen atoms in total. The first-order chi connectivity index (χ1) is 65.2. The fourth-order valence-electron chi connectivity index (χ4n) is 15.5. The van der Waals surface area contributed by atoms with Gasteiger partial charge < -0.3 is 34.2 Å². The Bertz CT molecular complexity index is 3050. The molecule has 0 bridgehead atoms. The summed E-state index contributed by atoms with van der Waals surface area (Å²) in [5, 5.41) is 20.8. The minimum absolute atomic E-state index is 0.104. The molecular formula is C115H202O16P2. The van der Waals surface area contributed by atoms with Crippen molar-refractivity contribution in [2.45, 2.75) is 514 Å². The van der Waals surface area contributed by atoms with E-state index in [-0.39, 0.29) is 19.3 Å². The molecule has 5 unspecified atom stereocenters. The minimum Gasteiger partial charge on any atom is -0.463 e. The van der Waals surface area contributed by atoms with Crippen molar-refractivity contribution in [2.75, 3.05) is 39.6 Å². The highest BCUT2D eigenvalue weighted by Crippen LogP contribution is 2.45. The molecule has 0 aliphatic rings. The van der Waals surface area contributed by atoms with Crippen molar-refractivity contribution in [3.05, 3.63) is 158 Å². The SMILES string of the molecule is CC/C=C\C/C=C\C/C=C\C/C=C\C/C=C\CCCCCCCCCCCCCCCCCC(=O)OCC(COP(=O)(O)OCC(O)COP(=O)(O)OCC(O)COC(=O)CCCCCCCCCCCCCCCCCCCCC/C=C\C/C=C\C/C=C\C/C=C\CCCCC)OC(=O)CCCCCCCCCCCCCCCCC/C=C\C/C=C\C/C=C\C/C=C\CCCCC. The van der Waals surface area contributed by atoms with Crippen molar-refractivity contribution in [1.29, 1.82) is 0 Å². The van der Waals surface area contributed by atoms with Crippen LogP contribution in [0.25, 0.3) is 0 Å². The van der Waals surface area contributed by atoms with Crippen LogP contribution in [0.4, 0.5) is 0 Å². The largest absolute Gasteiger partial charge is 0.472 e. The molecule has 0 aromatic heterocycles. The van der Waals surface area contributed by atoms with Crippen molar-refractivity contribution in [3.8, 4) is 0 Å². The molecule has 768 valence electrons. The van der Waals surface area contributed by atoms with Gasteiger partial charge in [0.15, 0.2) is 6.10 Å². The number of unbranched alkanes of at least 4 members (excludes halogenated alkanes) is 55. The molecule has 0 fully saturated rings. The molecular weight excluding hydrogens is 1700 g/mol. The van der Waals surface area contributed by atoms with Crippen LogP contribution in [0, 0.1) is 0 Å². The van der Waals surface area contributed by atoms with E-state index in [9.17, 15) is 43.5 Å². The summed E-state index contributed by atoms with van der Waals surface area (Å²) >= 11 is 0. The first-order valence-electron chi connectivity index (χ1n) is 54.8. The molecule has 0 saturated heterocycles. The zero-order valence-electron chi connectivity index (χ0n) is 85.4. The van der Waals surface area contributed by atoms with Gasteiger partial charge >= 0.3 is 33.6 Å². The highest BCUT2D eigenvalue weighted by molar-refractivity contribution is 7.47. The molecule has 0 saturated carbocycles. The normalized spacial score (nSPS) is 14.2. The molecule has 0 aliphatic carbocycles. The quantitative estimate of drug-likeness (QED) is 0.0146. The monoisotopic (exact) mass is 1900 g/mol. The van der Waals surface area contributed by atoms with Gasteiger partial charge in [0.25, 0.3) is 0 Å². The van der Waals surface area contributed by atoms with Gasteiger partial charge in [-0.05, 0) is 154 Å². The maximum atomic E-state index is 13.2. The number of phosphoric acid groups is 2. The van der Waals surface area contributed by atoms with Crippen molar-refractivity contribution >= 4 is 33.6 Å². The summed E-state index contributed by atoms with van der Waals surface area (Å²) in [5.41, 5.74) is 0. The summed E-state index contributed by atoms with van der Waals surface area (Å²) in [7, 11) is -9.82. The van der Waals surface area contributed by atoms with E-state index in [1.54, 1.807) is 0 Å². The molecule has 0 aromatic carbocycles. The van der Waals surface area contributed by atoms with Gasteiger partial charge in [0, 0.05) is 19.3 Å². The lowest BCUT2D eigenvalue weighted by atomic mass is 10.0. The summed E-state index contributed by atoms with van der Waals surface area (Å²) in [6.45, 7) is 2.62. The van der Waals surface area contributed by atoms with Crippen LogP contribution < -0.4 is 0 Å². The standard InChI is InChI=1S/C115H202O16P2/c1-4-7-10-13-16-19-22-25-28-31-34-37-40-43-46-49-52-53-54-55-58-60-62-65-68-71-74-77-80-83-86-89-92-95-98-101-113(118)125-104-110(116)105-127-132(121,122)128-106-111(117)107-129-133(123,124)130-109-112(131-115(120)103-100-97-94-91-88-85-82-79-76-73-70-67-64-61-57-51-48-45-42-39-36-33-30-27-24-21-18-15-12-9-6-3)108-126-114(119)102-99-96-93-90-87-84-81-78-75-72-69-66-63-59-56-50-47-44-41-38-35-32-29-26-23-20-17-14-11-8-5-2/h8,11,16-21,25-30,34-39,43-48,110-112,116-117H,4-7,9-10,12-15,22-24,31-33,40-42,49-109H2,1-3H3,(H,121,122)(H,123,124)/b11-8-,19-16-,20-17-,21-18-,28-25-,29-26-,30-27-,37-34-,38-35-,39-36-,46-43-,47-44-,48-45-. The summed E-state index contributed by atoms with van der Waals surface area (Å²) < 4.78 is 61.8. The van der Waals surface area contributed by atoms with Crippen LogP contribution in [-0.2, 0) is 55.8 Å². The Kier molecular flexibility index (Phi) is 102. The van der Waals surface area contributed by atoms with E-state index in [0.717, 1.165) is 135 Å². The van der Waals surface area contributed by atoms with E-state index in [1.165, 1.54) is 302 Å². The number of carbonyl (C=O) groups is 3. The Morgan fingerprint density at radius 1 is 0.218 bits per heavy atom. The van der Waals surface area contributed by atoms with Gasteiger partial charge in [-0.1, -0.05) is 481 Å². The molecule has 0 radical (unpaired) electrons. The highest BCUT2D eigenvalue weighted by Gasteiger charge is 2.30. The number of phosphoric ester groups is 2. The molecule has 0 aromatic rings. The first kappa shape index (κ1) is 128. The lowest BCUT2D eigenvalue weighted by Crippen LogP contribution is -2.30. The Labute approximate surface area is 816 Å². The molecule has 0 spiro atoms. The number of aliphatic hydroxyl groups is 2. The molecule has 133 heavy (non-hydrogen) atoms. The zero-order valence-corrected chi connectivity index (χ0v) is 87.2. The van der Waals surface area contributed by atoms with Crippen molar-refractivity contribution < 1.29 is 75.8 Å². The molecule has 0 amide bonds. The zero-order chi connectivity index (χ0) is 96.4. The maximum absolute atomic E-state index is 13.2. The maximum Gasteiger partial charge on any atom is 0.472 e. The van der Waals surface area contributed by atoms with Crippen LogP contribution in [0.15, 0.2) is 158 Å². The van der Waals surface area contributed by atoms with Crippen LogP contribution >= 0.6 is 15.6 Å². The Hall–Kier alpha value is -4.83. The second kappa shape index (κ2) is 106. The number of aliphatic hydroxyl groups excluding tert-OH is 2. The van der Waals surface area contributed by atoms with Gasteiger partial charge in [0.05, 0.1) is 26.4 Å². The molecule has 0 rings (SSSR count). The van der Waals surface area contributed by atoms with Gasteiger partial charge in [-0.2, -0.15) is 0 Å². The van der Waals surface area contributed by atoms with Gasteiger partial charge in [-0.3, -0.25) is 32.5 Å². The average molecular weight is 1900 g/mol. The summed E-state index contributed by atoms with van der Waals surface area (Å²) in [4.78, 5) is 59.3. The van der Waals surface area contributed by atoms with Crippen molar-refractivity contribution in [1.82, 2.24) is 0 Å². The predicted octanol–water partition coefficient (Wildman–Crippen LogP) is 35.1. The van der Waals surface area contributed by atoms with Crippen LogP contribution in [0.2, 0.25) is 0 Å². The van der Waals surface area contributed by atoms with Gasteiger partial charge in [0.2, 0.25) is 0 Å². The number of rotatable bonds is 104. The minimum atomic E-state index is -4.95. The Morgan fingerprint density at radius 3 is 0.632 bits per heavy atom. The van der Waals surface area contributed by atoms with E-state index >= 15 is 0 Å². The third-order valence-electron chi connectivity index (χ3n) is 23.7. The van der Waals surface area contributed by atoms with Crippen molar-refractivity contribution in [2.24, 2.45) is 0 Å². The summed E-state index contributed by atoms with van der Waals surface area (Å²) in [6, 6.07) is 0. The van der Waals surface area contributed by atoms with E-state index < -0.39 is 91.5 Å². The van der Waals surface area contributed by atoms with E-state index in [2.05, 4.69) is 179 Å². The molecule has 0 heterocycles. The lowest BCUT2D eigenvalue weighted by Gasteiger charge is -2.21. The van der Waals surface area contributed by atoms with E-state index in [0.29, 0.717) is 19.3 Å². The average Bonchev–Trinajstić information content (AvgIpc) is 0.900. The molecule has 4 N–H and O–H groups in total.